The molecule has 0 radical (unpaired) electrons. The van der Waals surface area contributed by atoms with Crippen molar-refractivity contribution in [1.82, 2.24) is 15.1 Å². The molecule has 1 atom stereocenters. The molecule has 39 heavy (non-hydrogen) atoms. The summed E-state index contributed by atoms with van der Waals surface area (Å²) in [5.74, 6) is -0.0920. The number of hydrogen-bond acceptors (Lipinski definition) is 2. The van der Waals surface area contributed by atoms with E-state index in [2.05, 4.69) is 90.5 Å². The van der Waals surface area contributed by atoms with Crippen molar-refractivity contribution in [3.05, 3.63) is 123 Å². The Kier molecular flexibility index (Phi) is 7.46. The third-order valence-corrected chi connectivity index (χ3v) is 7.78. The molecule has 0 bridgehead atoms. The highest BCUT2D eigenvalue weighted by molar-refractivity contribution is 9.10. The van der Waals surface area contributed by atoms with E-state index in [9.17, 15) is 4.79 Å². The summed E-state index contributed by atoms with van der Waals surface area (Å²) < 4.78 is 3.04. The summed E-state index contributed by atoms with van der Waals surface area (Å²) in [7, 11) is 0. The molecular formula is C34H34BrN3O. The molecule has 0 aliphatic carbocycles. The highest BCUT2D eigenvalue weighted by Gasteiger charge is 2.18. The van der Waals surface area contributed by atoms with E-state index in [-0.39, 0.29) is 17.4 Å². The Balaban J connectivity index is 1.34. The zero-order valence-electron chi connectivity index (χ0n) is 23.1. The Labute approximate surface area is 239 Å². The second-order valence-electron chi connectivity index (χ2n) is 11.2. The third kappa shape index (κ3) is 5.84. The maximum atomic E-state index is 13.0. The lowest BCUT2D eigenvalue weighted by Crippen LogP contribution is -2.26. The van der Waals surface area contributed by atoms with Gasteiger partial charge in [0.05, 0.1) is 23.8 Å². The summed E-state index contributed by atoms with van der Waals surface area (Å²) in [6.07, 6.45) is 0. The fourth-order valence-corrected chi connectivity index (χ4v) is 5.33. The van der Waals surface area contributed by atoms with Gasteiger partial charge in [0.2, 0.25) is 0 Å². The molecule has 5 rings (SSSR count). The lowest BCUT2D eigenvalue weighted by molar-refractivity contribution is 0.0940. The lowest BCUT2D eigenvalue weighted by atomic mass is 9.82. The number of nitrogens with one attached hydrogen (secondary N) is 1. The van der Waals surface area contributed by atoms with Crippen LogP contribution in [-0.2, 0) is 12.0 Å². The van der Waals surface area contributed by atoms with E-state index in [0.717, 1.165) is 26.6 Å². The Morgan fingerprint density at radius 3 is 2.33 bits per heavy atom. The van der Waals surface area contributed by atoms with E-state index in [1.54, 1.807) is 0 Å². The molecule has 198 valence electrons. The van der Waals surface area contributed by atoms with Crippen molar-refractivity contribution in [2.75, 3.05) is 0 Å². The standard InChI is InChI=1S/C34H34BrN3O/c1-22(25-14-17-28(35)18-15-25)36-33(39)27-16-19-32-30(20-27)23(2)37-38(32)21-24-10-12-26(13-11-24)29-8-6-7-9-31(29)34(3,4)5/h6-20,22H,21H2,1-5H3,(H,36,39)/t22-/m0/s1. The van der Waals surface area contributed by atoms with Crippen molar-refractivity contribution in [1.29, 1.82) is 0 Å². The Hall–Kier alpha value is -3.70. The molecule has 1 aromatic heterocycles. The second kappa shape index (κ2) is 10.8. The SMILES string of the molecule is Cc1nn(Cc2ccc(-c3ccccc3C(C)(C)C)cc2)c2ccc(C(=O)N[C@@H](C)c3ccc(Br)cc3)cc12. The number of rotatable bonds is 6. The molecule has 0 aliphatic rings. The van der Waals surface area contributed by atoms with Crippen molar-refractivity contribution in [2.24, 2.45) is 0 Å². The molecule has 0 aliphatic heterocycles. The molecule has 0 spiro atoms. The van der Waals surface area contributed by atoms with Gasteiger partial charge in [0.25, 0.3) is 5.91 Å². The molecular weight excluding hydrogens is 546 g/mol. The lowest BCUT2D eigenvalue weighted by Gasteiger charge is -2.23. The molecule has 0 saturated carbocycles. The first-order valence-electron chi connectivity index (χ1n) is 13.3. The van der Waals surface area contributed by atoms with Crippen molar-refractivity contribution in [3.8, 4) is 11.1 Å². The van der Waals surface area contributed by atoms with Crippen LogP contribution < -0.4 is 5.32 Å². The van der Waals surface area contributed by atoms with Gasteiger partial charge < -0.3 is 5.32 Å². The van der Waals surface area contributed by atoms with Crippen LogP contribution in [0.5, 0.6) is 0 Å². The summed E-state index contributed by atoms with van der Waals surface area (Å²) in [4.78, 5) is 13.0. The predicted molar refractivity (Wildman–Crippen MR) is 164 cm³/mol. The summed E-state index contributed by atoms with van der Waals surface area (Å²) in [5, 5.41) is 8.92. The van der Waals surface area contributed by atoms with Crippen molar-refractivity contribution >= 4 is 32.7 Å². The average molecular weight is 581 g/mol. The molecule has 1 N–H and O–H groups in total. The maximum absolute atomic E-state index is 13.0. The van der Waals surface area contributed by atoms with Gasteiger partial charge in [-0.2, -0.15) is 5.10 Å². The van der Waals surface area contributed by atoms with Gasteiger partial charge in [0.1, 0.15) is 0 Å². The molecule has 4 nitrogen and oxygen atoms in total. The van der Waals surface area contributed by atoms with Crippen LogP contribution in [0.3, 0.4) is 0 Å². The van der Waals surface area contributed by atoms with Gasteiger partial charge in [-0.25, -0.2) is 0 Å². The van der Waals surface area contributed by atoms with Crippen LogP contribution in [0.2, 0.25) is 0 Å². The molecule has 1 heterocycles. The highest BCUT2D eigenvalue weighted by atomic mass is 79.9. The monoisotopic (exact) mass is 579 g/mol. The smallest absolute Gasteiger partial charge is 0.251 e. The molecule has 5 aromatic rings. The van der Waals surface area contributed by atoms with Gasteiger partial charge in [-0.05, 0) is 77.4 Å². The van der Waals surface area contributed by atoms with Crippen LogP contribution in [0, 0.1) is 6.92 Å². The average Bonchev–Trinajstić information content (AvgIpc) is 3.23. The molecule has 1 amide bonds. The van der Waals surface area contributed by atoms with Crippen LogP contribution in [0.25, 0.3) is 22.0 Å². The zero-order chi connectivity index (χ0) is 27.7. The number of amides is 1. The topological polar surface area (TPSA) is 46.9 Å². The molecule has 0 saturated heterocycles. The van der Waals surface area contributed by atoms with Crippen LogP contribution in [-0.4, -0.2) is 15.7 Å². The van der Waals surface area contributed by atoms with E-state index < -0.39 is 0 Å². The summed E-state index contributed by atoms with van der Waals surface area (Å²) in [6, 6.07) is 31.2. The number of hydrogen-bond donors (Lipinski definition) is 1. The van der Waals surface area contributed by atoms with Gasteiger partial charge >= 0.3 is 0 Å². The summed E-state index contributed by atoms with van der Waals surface area (Å²) >= 11 is 3.46. The van der Waals surface area contributed by atoms with Crippen molar-refractivity contribution in [3.63, 3.8) is 0 Å². The molecule has 4 aromatic carbocycles. The largest absolute Gasteiger partial charge is 0.346 e. The van der Waals surface area contributed by atoms with E-state index in [1.165, 1.54) is 22.3 Å². The van der Waals surface area contributed by atoms with Gasteiger partial charge in [0, 0.05) is 15.4 Å². The van der Waals surface area contributed by atoms with Crippen LogP contribution >= 0.6 is 15.9 Å². The molecule has 0 fully saturated rings. The predicted octanol–water partition coefficient (Wildman–Crippen LogP) is 8.61. The quantitative estimate of drug-likeness (QED) is 0.219. The summed E-state index contributed by atoms with van der Waals surface area (Å²) in [6.45, 7) is 11.4. The van der Waals surface area contributed by atoms with E-state index >= 15 is 0 Å². The van der Waals surface area contributed by atoms with E-state index in [4.69, 9.17) is 5.10 Å². The van der Waals surface area contributed by atoms with E-state index in [1.807, 2.05) is 61.0 Å². The number of carbonyl (C=O) groups excluding carboxylic acids is 1. The number of halogens is 1. The zero-order valence-corrected chi connectivity index (χ0v) is 24.7. The molecule has 5 heteroatoms. The van der Waals surface area contributed by atoms with Crippen LogP contribution in [0.4, 0.5) is 0 Å². The normalized spacial score (nSPS) is 12.5. The van der Waals surface area contributed by atoms with Gasteiger partial charge in [0.15, 0.2) is 0 Å². The second-order valence-corrected chi connectivity index (χ2v) is 12.1. The Morgan fingerprint density at radius 1 is 0.949 bits per heavy atom. The summed E-state index contributed by atoms with van der Waals surface area (Å²) in [5.41, 5.74) is 8.73. The highest BCUT2D eigenvalue weighted by Crippen LogP contribution is 2.33. The van der Waals surface area contributed by atoms with E-state index in [0.29, 0.717) is 12.1 Å². The number of fused-ring (bicyclic) bond motifs is 1. The third-order valence-electron chi connectivity index (χ3n) is 7.25. The van der Waals surface area contributed by atoms with Crippen molar-refractivity contribution in [2.45, 2.75) is 52.6 Å². The number of benzene rings is 4. The van der Waals surface area contributed by atoms with Gasteiger partial charge in [-0.3, -0.25) is 9.48 Å². The first-order valence-corrected chi connectivity index (χ1v) is 14.1. The minimum Gasteiger partial charge on any atom is -0.346 e. The first-order chi connectivity index (χ1) is 18.6. The maximum Gasteiger partial charge on any atom is 0.251 e. The molecule has 0 unspecified atom stereocenters. The van der Waals surface area contributed by atoms with Crippen LogP contribution in [0.15, 0.2) is 95.5 Å². The minimum atomic E-state index is -0.0940. The Bertz CT molecular complexity index is 1630. The number of nitrogens with zero attached hydrogens (tertiary/aromatic N) is 2. The Morgan fingerprint density at radius 2 is 1.64 bits per heavy atom. The van der Waals surface area contributed by atoms with Gasteiger partial charge in [-0.15, -0.1) is 0 Å². The number of aromatic nitrogens is 2. The fraction of sp³-hybridized carbons (Fsp3) is 0.235. The van der Waals surface area contributed by atoms with Crippen LogP contribution in [0.1, 0.15) is 66.5 Å². The number of aryl methyl sites for hydroxylation is 1. The van der Waals surface area contributed by atoms with Gasteiger partial charge in [-0.1, -0.05) is 97.4 Å². The number of carbonyl (C=O) groups is 1. The minimum absolute atomic E-state index is 0.0769. The first kappa shape index (κ1) is 26.9. The van der Waals surface area contributed by atoms with Crippen molar-refractivity contribution < 1.29 is 4.79 Å². The fourth-order valence-electron chi connectivity index (χ4n) is 5.07.